The van der Waals surface area contributed by atoms with E-state index >= 15 is 0 Å². The van der Waals surface area contributed by atoms with E-state index in [1.54, 1.807) is 25.1 Å². The van der Waals surface area contributed by atoms with Gasteiger partial charge in [-0.1, -0.05) is 40.9 Å². The number of hydrogen-bond acceptors (Lipinski definition) is 7. The Labute approximate surface area is 224 Å². The van der Waals surface area contributed by atoms with Crippen molar-refractivity contribution in [2.75, 3.05) is 11.9 Å². The number of ether oxygens (including phenoxy) is 1. The number of nitrogens with zero attached hydrogens (tertiary/aromatic N) is 1. The van der Waals surface area contributed by atoms with Crippen LogP contribution in [-0.4, -0.2) is 26.9 Å². The Morgan fingerprint density at radius 2 is 1.62 bits per heavy atom. The number of carbonyl (C=O) groups is 2. The predicted molar refractivity (Wildman–Crippen MR) is 140 cm³/mol. The van der Waals surface area contributed by atoms with Gasteiger partial charge in [0.15, 0.2) is 5.75 Å². The molecule has 0 fully saturated rings. The Morgan fingerprint density at radius 3 is 2.16 bits per heavy atom. The van der Waals surface area contributed by atoms with Crippen molar-refractivity contribution in [3.05, 3.63) is 93.0 Å². The highest BCUT2D eigenvalue weighted by Crippen LogP contribution is 2.37. The molecule has 3 rings (SSSR count). The summed E-state index contributed by atoms with van der Waals surface area (Å²) in [6, 6.07) is 16.4. The molecule has 0 aliphatic rings. The average molecular weight is 559 g/mol. The zero-order chi connectivity index (χ0) is 27.2. The van der Waals surface area contributed by atoms with Crippen LogP contribution in [0.5, 0.6) is 5.75 Å². The van der Waals surface area contributed by atoms with Crippen LogP contribution in [0.1, 0.15) is 28.4 Å². The molecule has 0 spiro atoms. The van der Waals surface area contributed by atoms with Gasteiger partial charge in [0.1, 0.15) is 16.5 Å². The summed E-state index contributed by atoms with van der Waals surface area (Å²) in [5.41, 5.74) is 1.52. The summed E-state index contributed by atoms with van der Waals surface area (Å²) in [5.74, 6) is -1.50. The molecule has 3 aromatic carbocycles. The lowest BCUT2D eigenvalue weighted by molar-refractivity contribution is -0.112. The number of hydrogen-bond donors (Lipinski definition) is 1. The van der Waals surface area contributed by atoms with Crippen molar-refractivity contribution in [1.29, 1.82) is 5.26 Å². The summed E-state index contributed by atoms with van der Waals surface area (Å²) < 4.78 is 35.3. The lowest BCUT2D eigenvalue weighted by atomic mass is 10.1. The molecule has 8 nitrogen and oxygen atoms in total. The highest BCUT2D eigenvalue weighted by molar-refractivity contribution is 7.87. The van der Waals surface area contributed by atoms with E-state index in [4.69, 9.17) is 32.1 Å². The Bertz CT molecular complexity index is 1490. The van der Waals surface area contributed by atoms with Gasteiger partial charge in [-0.05, 0) is 74.0 Å². The van der Waals surface area contributed by atoms with E-state index in [1.807, 2.05) is 6.92 Å². The van der Waals surface area contributed by atoms with Crippen LogP contribution in [0.3, 0.4) is 0 Å². The first-order chi connectivity index (χ1) is 17.5. The normalized spacial score (nSPS) is 11.4. The van der Waals surface area contributed by atoms with Crippen LogP contribution in [0.25, 0.3) is 6.08 Å². The molecule has 0 unspecified atom stereocenters. The van der Waals surface area contributed by atoms with Crippen LogP contribution in [0.2, 0.25) is 10.0 Å². The van der Waals surface area contributed by atoms with Crippen molar-refractivity contribution in [2.24, 2.45) is 0 Å². The average Bonchev–Trinajstić information content (AvgIpc) is 2.85. The second-order valence-electron chi connectivity index (χ2n) is 7.59. The van der Waals surface area contributed by atoms with E-state index in [0.717, 1.165) is 5.56 Å². The molecule has 0 aliphatic carbocycles. The second-order valence-corrected chi connectivity index (χ2v) is 9.95. The van der Waals surface area contributed by atoms with Crippen molar-refractivity contribution >= 4 is 57.0 Å². The van der Waals surface area contributed by atoms with E-state index in [9.17, 15) is 23.3 Å². The highest BCUT2D eigenvalue weighted by atomic mass is 35.5. The summed E-state index contributed by atoms with van der Waals surface area (Å²) in [5, 5.41) is 11.8. The van der Waals surface area contributed by atoms with E-state index in [2.05, 4.69) is 5.32 Å². The minimum Gasteiger partial charge on any atom is -0.462 e. The number of rotatable bonds is 8. The number of aryl methyl sites for hydroxylation is 1. The van der Waals surface area contributed by atoms with Crippen LogP contribution in [0, 0.1) is 18.3 Å². The third-order valence-electron chi connectivity index (χ3n) is 4.85. The van der Waals surface area contributed by atoms with Gasteiger partial charge in [-0.2, -0.15) is 13.7 Å². The number of anilines is 1. The fraction of sp³-hybridized carbons (Fsp3) is 0.115. The van der Waals surface area contributed by atoms with Gasteiger partial charge in [0, 0.05) is 5.69 Å². The number of esters is 1. The fourth-order valence-electron chi connectivity index (χ4n) is 3.02. The third-order valence-corrected chi connectivity index (χ3v) is 6.65. The van der Waals surface area contributed by atoms with E-state index < -0.39 is 22.0 Å². The monoisotopic (exact) mass is 558 g/mol. The molecule has 190 valence electrons. The molecule has 0 saturated carbocycles. The molecular weight excluding hydrogens is 539 g/mol. The maximum Gasteiger partial charge on any atom is 0.339 e. The van der Waals surface area contributed by atoms with Crippen LogP contribution >= 0.6 is 23.2 Å². The minimum atomic E-state index is -4.21. The zero-order valence-electron chi connectivity index (χ0n) is 19.6. The van der Waals surface area contributed by atoms with Crippen molar-refractivity contribution < 1.29 is 26.9 Å². The number of halogens is 2. The highest BCUT2D eigenvalue weighted by Gasteiger charge is 2.21. The largest absolute Gasteiger partial charge is 0.462 e. The Balaban J connectivity index is 1.79. The molecule has 0 atom stereocenters. The van der Waals surface area contributed by atoms with E-state index in [1.165, 1.54) is 54.6 Å². The van der Waals surface area contributed by atoms with E-state index in [-0.39, 0.29) is 38.4 Å². The molecular formula is C26H20Cl2N2O6S. The van der Waals surface area contributed by atoms with Gasteiger partial charge in [-0.25, -0.2) is 4.79 Å². The van der Waals surface area contributed by atoms with Gasteiger partial charge in [0.05, 0.1) is 22.2 Å². The summed E-state index contributed by atoms with van der Waals surface area (Å²) >= 11 is 12.5. The molecule has 0 heterocycles. The molecule has 11 heteroatoms. The number of amides is 1. The van der Waals surface area contributed by atoms with Crippen LogP contribution in [-0.2, 0) is 19.6 Å². The van der Waals surface area contributed by atoms with Gasteiger partial charge in [-0.3, -0.25) is 4.79 Å². The van der Waals surface area contributed by atoms with Gasteiger partial charge < -0.3 is 14.2 Å². The Hall–Kier alpha value is -3.84. The first-order valence-corrected chi connectivity index (χ1v) is 12.9. The van der Waals surface area contributed by atoms with Crippen LogP contribution in [0.15, 0.2) is 71.1 Å². The SMILES string of the molecule is CCOC(=O)c1ccc(NC(=O)/C(C#N)=C/c2cc(Cl)c(OS(=O)(=O)c3ccc(C)cc3)c(Cl)c2)cc1. The zero-order valence-corrected chi connectivity index (χ0v) is 21.9. The smallest absolute Gasteiger partial charge is 0.339 e. The number of carbonyl (C=O) groups excluding carboxylic acids is 2. The maximum absolute atomic E-state index is 12.6. The topological polar surface area (TPSA) is 123 Å². The van der Waals surface area contributed by atoms with E-state index in [0.29, 0.717) is 11.3 Å². The van der Waals surface area contributed by atoms with Gasteiger partial charge in [0.2, 0.25) is 0 Å². The Morgan fingerprint density at radius 1 is 1.03 bits per heavy atom. The third kappa shape index (κ3) is 7.11. The Kier molecular flexibility index (Phi) is 8.95. The molecule has 1 N–H and O–H groups in total. The first-order valence-electron chi connectivity index (χ1n) is 10.7. The lowest BCUT2D eigenvalue weighted by Gasteiger charge is -2.11. The summed E-state index contributed by atoms with van der Waals surface area (Å²) in [6.07, 6.45) is 1.23. The molecule has 0 radical (unpaired) electrons. The number of nitriles is 1. The molecule has 0 bridgehead atoms. The van der Waals surface area contributed by atoms with Crippen molar-refractivity contribution in [2.45, 2.75) is 18.7 Å². The molecule has 0 aromatic heterocycles. The van der Waals surface area contributed by atoms with Crippen LogP contribution in [0.4, 0.5) is 5.69 Å². The van der Waals surface area contributed by atoms with Crippen LogP contribution < -0.4 is 9.50 Å². The van der Waals surface area contributed by atoms with Crippen molar-refractivity contribution in [3.63, 3.8) is 0 Å². The quantitative estimate of drug-likeness (QED) is 0.160. The minimum absolute atomic E-state index is 0.0760. The van der Waals surface area contributed by atoms with Crippen molar-refractivity contribution in [1.82, 2.24) is 0 Å². The molecule has 0 saturated heterocycles. The first kappa shape index (κ1) is 27.7. The summed E-state index contributed by atoms with van der Waals surface area (Å²) in [6.45, 7) is 3.74. The van der Waals surface area contributed by atoms with Gasteiger partial charge in [-0.15, -0.1) is 0 Å². The predicted octanol–water partition coefficient (Wildman–Crippen LogP) is 5.79. The lowest BCUT2D eigenvalue weighted by Crippen LogP contribution is -2.13. The summed E-state index contributed by atoms with van der Waals surface area (Å²) in [7, 11) is -4.21. The number of benzene rings is 3. The van der Waals surface area contributed by atoms with Gasteiger partial charge >= 0.3 is 16.1 Å². The van der Waals surface area contributed by atoms with Crippen molar-refractivity contribution in [3.8, 4) is 11.8 Å². The molecule has 1 amide bonds. The molecule has 37 heavy (non-hydrogen) atoms. The summed E-state index contributed by atoms with van der Waals surface area (Å²) in [4.78, 5) is 24.3. The maximum atomic E-state index is 12.6. The van der Waals surface area contributed by atoms with Gasteiger partial charge in [0.25, 0.3) is 5.91 Å². The standard InChI is InChI=1S/C26H20Cl2N2O6S/c1-3-35-26(32)18-6-8-20(9-7-18)30-25(31)19(15-29)12-17-13-22(27)24(23(28)14-17)36-37(33,34)21-10-4-16(2)5-11-21/h4-14H,3H2,1-2H3,(H,30,31)/b19-12+. The fourth-order valence-corrected chi connectivity index (χ4v) is 4.66. The molecule has 3 aromatic rings. The second kappa shape index (κ2) is 11.9. The molecule has 0 aliphatic heterocycles. The number of nitrogens with one attached hydrogen (secondary N) is 1.